The van der Waals surface area contributed by atoms with E-state index in [1.807, 2.05) is 6.92 Å². The monoisotopic (exact) mass is 299 g/mol. The van der Waals surface area contributed by atoms with Gasteiger partial charge in [0, 0.05) is 25.0 Å². The number of hydrogen-bond donors (Lipinski definition) is 1. The van der Waals surface area contributed by atoms with Crippen molar-refractivity contribution in [3.8, 4) is 0 Å². The summed E-state index contributed by atoms with van der Waals surface area (Å²) in [6, 6.07) is 7.86. The maximum absolute atomic E-state index is 13.4. The summed E-state index contributed by atoms with van der Waals surface area (Å²) in [5.74, 6) is 0.0714. The van der Waals surface area contributed by atoms with Gasteiger partial charge in [-0.2, -0.15) is 0 Å². The lowest BCUT2D eigenvalue weighted by Gasteiger charge is -2.19. The van der Waals surface area contributed by atoms with Gasteiger partial charge >= 0.3 is 0 Å². The Hall–Kier alpha value is -2.43. The van der Waals surface area contributed by atoms with E-state index in [-0.39, 0.29) is 11.7 Å². The molecular formula is C17H18FN3O. The van der Waals surface area contributed by atoms with Gasteiger partial charge in [0.15, 0.2) is 0 Å². The number of halogens is 1. The van der Waals surface area contributed by atoms with Gasteiger partial charge in [-0.1, -0.05) is 6.07 Å². The van der Waals surface area contributed by atoms with Crippen molar-refractivity contribution >= 4 is 17.4 Å². The number of pyridine rings is 1. The molecule has 2 heterocycles. The molecule has 1 N–H and O–H groups in total. The van der Waals surface area contributed by atoms with E-state index in [4.69, 9.17) is 0 Å². The van der Waals surface area contributed by atoms with Gasteiger partial charge in [-0.25, -0.2) is 9.37 Å². The first-order chi connectivity index (χ1) is 10.6. The number of aryl methyl sites for hydroxylation is 1. The zero-order valence-corrected chi connectivity index (χ0v) is 12.5. The number of benzene rings is 1. The highest BCUT2D eigenvalue weighted by molar-refractivity contribution is 6.07. The molecule has 1 aromatic heterocycles. The summed E-state index contributed by atoms with van der Waals surface area (Å²) in [6.45, 7) is 3.66. The SMILES string of the molecule is Cc1ccc(F)cc1NC(=O)c1cccnc1N1CCCC1. The van der Waals surface area contributed by atoms with Crippen LogP contribution in [0.5, 0.6) is 0 Å². The van der Waals surface area contributed by atoms with Gasteiger partial charge in [0.2, 0.25) is 0 Å². The second-order valence-corrected chi connectivity index (χ2v) is 5.48. The van der Waals surface area contributed by atoms with Crippen LogP contribution in [0.4, 0.5) is 15.9 Å². The normalized spacial score (nSPS) is 14.2. The molecule has 22 heavy (non-hydrogen) atoms. The summed E-state index contributed by atoms with van der Waals surface area (Å²) in [4.78, 5) is 19.0. The van der Waals surface area contributed by atoms with Gasteiger partial charge in [0.25, 0.3) is 5.91 Å². The Kier molecular flexibility index (Phi) is 4.04. The van der Waals surface area contributed by atoms with Crippen molar-refractivity contribution in [2.75, 3.05) is 23.3 Å². The number of anilines is 2. The fourth-order valence-electron chi connectivity index (χ4n) is 2.67. The van der Waals surface area contributed by atoms with E-state index in [0.717, 1.165) is 31.5 Å². The molecule has 1 amide bonds. The summed E-state index contributed by atoms with van der Waals surface area (Å²) in [5, 5.41) is 2.79. The van der Waals surface area contributed by atoms with E-state index in [0.29, 0.717) is 17.1 Å². The minimum atomic E-state index is -0.369. The topological polar surface area (TPSA) is 45.2 Å². The number of amides is 1. The van der Waals surface area contributed by atoms with E-state index in [9.17, 15) is 9.18 Å². The maximum Gasteiger partial charge on any atom is 0.259 e. The first kappa shape index (κ1) is 14.5. The molecule has 1 fully saturated rings. The molecule has 1 aromatic carbocycles. The molecule has 4 nitrogen and oxygen atoms in total. The maximum atomic E-state index is 13.4. The van der Waals surface area contributed by atoms with E-state index in [1.165, 1.54) is 12.1 Å². The molecule has 0 bridgehead atoms. The van der Waals surface area contributed by atoms with Crippen molar-refractivity contribution in [3.63, 3.8) is 0 Å². The Morgan fingerprint density at radius 2 is 2.05 bits per heavy atom. The lowest BCUT2D eigenvalue weighted by molar-refractivity contribution is 0.102. The molecule has 3 rings (SSSR count). The van der Waals surface area contributed by atoms with Crippen molar-refractivity contribution in [3.05, 3.63) is 53.5 Å². The predicted molar refractivity (Wildman–Crippen MR) is 84.8 cm³/mol. The average molecular weight is 299 g/mol. The summed E-state index contributed by atoms with van der Waals surface area (Å²) in [5.41, 5.74) is 1.83. The third kappa shape index (κ3) is 2.93. The molecule has 5 heteroatoms. The quantitative estimate of drug-likeness (QED) is 0.945. The smallest absolute Gasteiger partial charge is 0.259 e. The Morgan fingerprint density at radius 1 is 1.27 bits per heavy atom. The van der Waals surface area contributed by atoms with E-state index >= 15 is 0 Å². The van der Waals surface area contributed by atoms with Gasteiger partial charge in [-0.05, 0) is 49.6 Å². The third-order valence-corrected chi connectivity index (χ3v) is 3.88. The Labute approximate surface area is 129 Å². The van der Waals surface area contributed by atoms with E-state index in [2.05, 4.69) is 15.2 Å². The van der Waals surface area contributed by atoms with Gasteiger partial charge in [0.05, 0.1) is 5.56 Å². The molecule has 0 aliphatic carbocycles. The average Bonchev–Trinajstić information content (AvgIpc) is 3.05. The fraction of sp³-hybridized carbons (Fsp3) is 0.294. The van der Waals surface area contributed by atoms with Gasteiger partial charge in [-0.15, -0.1) is 0 Å². The predicted octanol–water partition coefficient (Wildman–Crippen LogP) is 3.38. The molecule has 1 aliphatic heterocycles. The summed E-state index contributed by atoms with van der Waals surface area (Å²) < 4.78 is 13.4. The van der Waals surface area contributed by atoms with Crippen molar-refractivity contribution in [2.45, 2.75) is 19.8 Å². The molecule has 2 aromatic rings. The van der Waals surface area contributed by atoms with Gasteiger partial charge in [-0.3, -0.25) is 4.79 Å². The zero-order chi connectivity index (χ0) is 15.5. The third-order valence-electron chi connectivity index (χ3n) is 3.88. The number of carbonyl (C=O) groups excluding carboxylic acids is 1. The zero-order valence-electron chi connectivity index (χ0n) is 12.5. The van der Waals surface area contributed by atoms with Crippen LogP contribution in [0.25, 0.3) is 0 Å². The molecule has 0 unspecified atom stereocenters. The first-order valence-corrected chi connectivity index (χ1v) is 7.42. The van der Waals surface area contributed by atoms with Crippen LogP contribution in [0, 0.1) is 12.7 Å². The minimum absolute atomic E-state index is 0.260. The summed E-state index contributed by atoms with van der Waals surface area (Å²) >= 11 is 0. The van der Waals surface area contributed by atoms with Crippen LogP contribution >= 0.6 is 0 Å². The lowest BCUT2D eigenvalue weighted by Crippen LogP contribution is -2.24. The molecular weight excluding hydrogens is 281 g/mol. The molecule has 1 saturated heterocycles. The molecule has 0 saturated carbocycles. The van der Waals surface area contributed by atoms with Crippen LogP contribution < -0.4 is 10.2 Å². The molecule has 0 atom stereocenters. The van der Waals surface area contributed by atoms with Crippen LogP contribution in [0.1, 0.15) is 28.8 Å². The second kappa shape index (κ2) is 6.13. The molecule has 0 radical (unpaired) electrons. The van der Waals surface area contributed by atoms with Crippen molar-refractivity contribution in [1.82, 2.24) is 4.98 Å². The van der Waals surface area contributed by atoms with Crippen molar-refractivity contribution < 1.29 is 9.18 Å². The van der Waals surface area contributed by atoms with Gasteiger partial charge in [0.1, 0.15) is 11.6 Å². The second-order valence-electron chi connectivity index (χ2n) is 5.48. The fourth-order valence-corrected chi connectivity index (χ4v) is 2.67. The Balaban J connectivity index is 1.87. The van der Waals surface area contributed by atoms with Crippen molar-refractivity contribution in [1.29, 1.82) is 0 Å². The number of rotatable bonds is 3. The molecule has 114 valence electrons. The Bertz CT molecular complexity index is 696. The highest BCUT2D eigenvalue weighted by atomic mass is 19.1. The van der Waals surface area contributed by atoms with Crippen LogP contribution in [-0.2, 0) is 0 Å². The van der Waals surface area contributed by atoms with Gasteiger partial charge < -0.3 is 10.2 Å². The van der Waals surface area contributed by atoms with Crippen LogP contribution in [0.15, 0.2) is 36.5 Å². The molecule has 0 spiro atoms. The van der Waals surface area contributed by atoms with Crippen LogP contribution in [0.3, 0.4) is 0 Å². The van der Waals surface area contributed by atoms with Crippen molar-refractivity contribution in [2.24, 2.45) is 0 Å². The minimum Gasteiger partial charge on any atom is -0.356 e. The Morgan fingerprint density at radius 3 is 2.82 bits per heavy atom. The number of carbonyl (C=O) groups is 1. The number of hydrogen-bond acceptors (Lipinski definition) is 3. The highest BCUT2D eigenvalue weighted by Crippen LogP contribution is 2.24. The first-order valence-electron chi connectivity index (χ1n) is 7.42. The van der Waals surface area contributed by atoms with Crippen LogP contribution in [0.2, 0.25) is 0 Å². The largest absolute Gasteiger partial charge is 0.356 e. The highest BCUT2D eigenvalue weighted by Gasteiger charge is 2.20. The van der Waals surface area contributed by atoms with E-state index < -0.39 is 0 Å². The number of nitrogens with zero attached hydrogens (tertiary/aromatic N) is 2. The summed E-state index contributed by atoms with van der Waals surface area (Å²) in [7, 11) is 0. The standard InChI is InChI=1S/C17H18FN3O/c1-12-6-7-13(18)11-15(12)20-17(22)14-5-4-8-19-16(14)21-9-2-3-10-21/h4-8,11H,2-3,9-10H2,1H3,(H,20,22). The number of nitrogens with one attached hydrogen (secondary N) is 1. The summed E-state index contributed by atoms with van der Waals surface area (Å²) in [6.07, 6.45) is 3.92. The molecule has 1 aliphatic rings. The van der Waals surface area contributed by atoms with Crippen LogP contribution in [-0.4, -0.2) is 24.0 Å². The van der Waals surface area contributed by atoms with E-state index in [1.54, 1.807) is 24.4 Å². The number of aromatic nitrogens is 1. The lowest BCUT2D eigenvalue weighted by atomic mass is 10.1.